The highest BCUT2D eigenvalue weighted by Gasteiger charge is 1.89. The Bertz CT molecular complexity index is 233. The monoisotopic (exact) mass is 146 g/mol. The lowest BCUT2D eigenvalue weighted by molar-refractivity contribution is 1.26. The van der Waals surface area contributed by atoms with E-state index < -0.39 is 0 Å². The van der Waals surface area contributed by atoms with E-state index in [1.54, 1.807) is 0 Å². The number of allylic oxidation sites excluding steroid dienone is 8. The number of rotatable bonds is 1. The molecule has 0 aromatic heterocycles. The molecule has 0 heteroatoms. The van der Waals surface area contributed by atoms with Gasteiger partial charge in [0.2, 0.25) is 0 Å². The first kappa shape index (κ1) is 8.06. The fourth-order valence-corrected chi connectivity index (χ4v) is 0.927. The van der Waals surface area contributed by atoms with Crippen LogP contribution in [0.1, 0.15) is 20.3 Å². The Morgan fingerprint density at radius 2 is 2.18 bits per heavy atom. The van der Waals surface area contributed by atoms with E-state index in [0.717, 1.165) is 6.42 Å². The molecule has 0 heterocycles. The zero-order valence-electron chi connectivity index (χ0n) is 7.17. The molecule has 0 N–H and O–H groups in total. The van der Waals surface area contributed by atoms with Gasteiger partial charge in [-0.1, -0.05) is 42.0 Å². The molecule has 1 aliphatic carbocycles. The zero-order valence-corrected chi connectivity index (χ0v) is 7.17. The smallest absolute Gasteiger partial charge is 0.00943 e. The van der Waals surface area contributed by atoms with E-state index in [1.165, 1.54) is 11.1 Å². The van der Waals surface area contributed by atoms with Gasteiger partial charge in [-0.3, -0.25) is 0 Å². The van der Waals surface area contributed by atoms with Crippen LogP contribution in [0.5, 0.6) is 0 Å². The van der Waals surface area contributed by atoms with E-state index in [-0.39, 0.29) is 0 Å². The first-order valence-electron chi connectivity index (χ1n) is 3.96. The molecule has 0 aromatic rings. The molecule has 1 rings (SSSR count). The summed E-state index contributed by atoms with van der Waals surface area (Å²) in [5.74, 6) is 0. The maximum atomic E-state index is 2.18. The highest BCUT2D eigenvalue weighted by atomic mass is 14.0. The molecule has 0 atom stereocenters. The lowest BCUT2D eigenvalue weighted by Gasteiger charge is -1.99. The van der Waals surface area contributed by atoms with E-state index in [2.05, 4.69) is 50.3 Å². The Kier molecular flexibility index (Phi) is 2.91. The summed E-state index contributed by atoms with van der Waals surface area (Å²) < 4.78 is 0. The third-order valence-electron chi connectivity index (χ3n) is 1.54. The summed E-state index contributed by atoms with van der Waals surface area (Å²) in [5, 5.41) is 0. The van der Waals surface area contributed by atoms with E-state index in [4.69, 9.17) is 0 Å². The first-order valence-corrected chi connectivity index (χ1v) is 3.96. The molecule has 0 radical (unpaired) electrons. The number of hydrogen-bond acceptors (Lipinski definition) is 0. The van der Waals surface area contributed by atoms with Crippen LogP contribution in [0.25, 0.3) is 0 Å². The van der Waals surface area contributed by atoms with Crippen LogP contribution >= 0.6 is 0 Å². The van der Waals surface area contributed by atoms with Gasteiger partial charge in [0, 0.05) is 0 Å². The van der Waals surface area contributed by atoms with Crippen molar-refractivity contribution in [3.8, 4) is 0 Å². The summed E-state index contributed by atoms with van der Waals surface area (Å²) in [6.45, 7) is 4.22. The fourth-order valence-electron chi connectivity index (χ4n) is 0.927. The molecule has 0 saturated heterocycles. The quantitative estimate of drug-likeness (QED) is 0.532. The SMILES string of the molecule is CC(C)=C/C=C1/C=CC=CC1. The third-order valence-corrected chi connectivity index (χ3v) is 1.54. The highest BCUT2D eigenvalue weighted by molar-refractivity contribution is 5.32. The second kappa shape index (κ2) is 3.97. The minimum absolute atomic E-state index is 1.07. The summed E-state index contributed by atoms with van der Waals surface area (Å²) in [7, 11) is 0. The van der Waals surface area contributed by atoms with Crippen molar-refractivity contribution in [3.63, 3.8) is 0 Å². The molecular formula is C11H14. The normalized spacial score (nSPS) is 18.9. The standard InChI is InChI=1S/C11H14/c1-10(2)8-9-11-6-4-3-5-7-11/h3-6,8-9H,7H2,1-2H3/b11-9-. The predicted molar refractivity (Wildman–Crippen MR) is 50.4 cm³/mol. The molecule has 0 bridgehead atoms. The van der Waals surface area contributed by atoms with Crippen LogP contribution in [0.15, 0.2) is 47.6 Å². The molecule has 11 heavy (non-hydrogen) atoms. The van der Waals surface area contributed by atoms with Crippen LogP contribution in [-0.2, 0) is 0 Å². The van der Waals surface area contributed by atoms with Crippen LogP contribution in [0.3, 0.4) is 0 Å². The van der Waals surface area contributed by atoms with Gasteiger partial charge >= 0.3 is 0 Å². The molecule has 0 unspecified atom stereocenters. The lowest BCUT2D eigenvalue weighted by atomic mass is 10.1. The van der Waals surface area contributed by atoms with Crippen LogP contribution in [-0.4, -0.2) is 0 Å². The van der Waals surface area contributed by atoms with Crippen molar-refractivity contribution in [1.82, 2.24) is 0 Å². The van der Waals surface area contributed by atoms with E-state index in [9.17, 15) is 0 Å². The van der Waals surface area contributed by atoms with E-state index in [0.29, 0.717) is 0 Å². The minimum Gasteiger partial charge on any atom is -0.0801 e. The summed E-state index contributed by atoms with van der Waals surface area (Å²) in [4.78, 5) is 0. The molecule has 58 valence electrons. The van der Waals surface area contributed by atoms with Gasteiger partial charge in [0.25, 0.3) is 0 Å². The zero-order chi connectivity index (χ0) is 8.10. The molecule has 0 aliphatic heterocycles. The summed E-state index contributed by atoms with van der Waals surface area (Å²) >= 11 is 0. The van der Waals surface area contributed by atoms with Crippen LogP contribution < -0.4 is 0 Å². The maximum Gasteiger partial charge on any atom is -0.00943 e. The highest BCUT2D eigenvalue weighted by Crippen LogP contribution is 2.10. The van der Waals surface area contributed by atoms with E-state index in [1.807, 2.05) is 0 Å². The van der Waals surface area contributed by atoms with Crippen molar-refractivity contribution in [2.45, 2.75) is 20.3 Å². The van der Waals surface area contributed by atoms with Crippen molar-refractivity contribution in [1.29, 1.82) is 0 Å². The molecule has 1 aliphatic rings. The van der Waals surface area contributed by atoms with Gasteiger partial charge in [-0.15, -0.1) is 0 Å². The largest absolute Gasteiger partial charge is 0.0801 e. The van der Waals surface area contributed by atoms with Gasteiger partial charge in [0.15, 0.2) is 0 Å². The van der Waals surface area contributed by atoms with Crippen LogP contribution in [0.2, 0.25) is 0 Å². The molecular weight excluding hydrogens is 132 g/mol. The van der Waals surface area contributed by atoms with Gasteiger partial charge in [-0.05, 0) is 25.8 Å². The average molecular weight is 146 g/mol. The van der Waals surface area contributed by atoms with Gasteiger partial charge in [-0.25, -0.2) is 0 Å². The van der Waals surface area contributed by atoms with Crippen LogP contribution in [0, 0.1) is 0 Å². The van der Waals surface area contributed by atoms with Crippen molar-refractivity contribution in [2.75, 3.05) is 0 Å². The van der Waals surface area contributed by atoms with Gasteiger partial charge in [-0.2, -0.15) is 0 Å². The number of hydrogen-bond donors (Lipinski definition) is 0. The van der Waals surface area contributed by atoms with Crippen molar-refractivity contribution in [2.24, 2.45) is 0 Å². The summed E-state index contributed by atoms with van der Waals surface area (Å²) in [6.07, 6.45) is 13.9. The molecule has 0 fully saturated rings. The second-order valence-electron chi connectivity index (χ2n) is 2.98. The summed E-state index contributed by atoms with van der Waals surface area (Å²) in [6, 6.07) is 0. The third kappa shape index (κ3) is 3.03. The maximum absolute atomic E-state index is 2.18. The second-order valence-corrected chi connectivity index (χ2v) is 2.98. The van der Waals surface area contributed by atoms with Crippen molar-refractivity contribution < 1.29 is 0 Å². The first-order chi connectivity index (χ1) is 5.29. The Balaban J connectivity index is 2.61. The topological polar surface area (TPSA) is 0 Å². The lowest BCUT2D eigenvalue weighted by Crippen LogP contribution is -1.78. The minimum atomic E-state index is 1.07. The molecule has 0 spiro atoms. The Morgan fingerprint density at radius 3 is 2.73 bits per heavy atom. The predicted octanol–water partition coefficient (Wildman–Crippen LogP) is 3.40. The van der Waals surface area contributed by atoms with E-state index >= 15 is 0 Å². The molecule has 0 amide bonds. The Hall–Kier alpha value is -1.04. The van der Waals surface area contributed by atoms with Gasteiger partial charge in [0.1, 0.15) is 0 Å². The summed E-state index contributed by atoms with van der Waals surface area (Å²) in [5.41, 5.74) is 2.73. The average Bonchev–Trinajstić information content (AvgIpc) is 2.03. The van der Waals surface area contributed by atoms with Crippen LogP contribution in [0.4, 0.5) is 0 Å². The Morgan fingerprint density at radius 1 is 1.36 bits per heavy atom. The van der Waals surface area contributed by atoms with Gasteiger partial charge < -0.3 is 0 Å². The molecule has 0 nitrogen and oxygen atoms in total. The molecule has 0 saturated carbocycles. The van der Waals surface area contributed by atoms with Crippen molar-refractivity contribution in [3.05, 3.63) is 47.6 Å². The fraction of sp³-hybridized carbons (Fsp3) is 0.273. The Labute approximate surface area is 68.6 Å². The van der Waals surface area contributed by atoms with Gasteiger partial charge in [0.05, 0.1) is 0 Å². The molecule has 0 aromatic carbocycles. The van der Waals surface area contributed by atoms with Crippen molar-refractivity contribution >= 4 is 0 Å².